The van der Waals surface area contributed by atoms with Crippen LogP contribution in [0, 0.1) is 17.1 Å². The Morgan fingerprint density at radius 2 is 1.84 bits per heavy atom. The fraction of sp³-hybridized carbons (Fsp3) is 0.0714. The first-order valence-electron chi connectivity index (χ1n) is 5.47. The highest BCUT2D eigenvalue weighted by atomic mass is 35.5. The fourth-order valence-electron chi connectivity index (χ4n) is 1.67. The Morgan fingerprint density at radius 1 is 1.16 bits per heavy atom. The second kappa shape index (κ2) is 5.92. The lowest BCUT2D eigenvalue weighted by Crippen LogP contribution is -2.01. The van der Waals surface area contributed by atoms with Crippen LogP contribution >= 0.6 is 23.2 Å². The van der Waals surface area contributed by atoms with Gasteiger partial charge in [-0.25, -0.2) is 4.39 Å². The molecule has 5 heteroatoms. The number of nitrogens with one attached hydrogen (secondary N) is 1. The second-order valence-corrected chi connectivity index (χ2v) is 4.72. The smallest absolute Gasteiger partial charge is 0.124 e. The van der Waals surface area contributed by atoms with Crippen molar-refractivity contribution in [3.63, 3.8) is 0 Å². The van der Waals surface area contributed by atoms with Crippen LogP contribution in [0.1, 0.15) is 11.1 Å². The summed E-state index contributed by atoms with van der Waals surface area (Å²) in [6.07, 6.45) is 0. The number of para-hydroxylation sites is 1. The van der Waals surface area contributed by atoms with Crippen molar-refractivity contribution in [3.05, 3.63) is 63.4 Å². The van der Waals surface area contributed by atoms with Crippen molar-refractivity contribution in [2.75, 3.05) is 5.32 Å². The molecule has 0 amide bonds. The third-order valence-corrected chi connectivity index (χ3v) is 3.15. The molecule has 2 rings (SSSR count). The Hall–Kier alpha value is -1.76. The van der Waals surface area contributed by atoms with Gasteiger partial charge in [-0.1, -0.05) is 29.3 Å². The first-order valence-corrected chi connectivity index (χ1v) is 6.23. The summed E-state index contributed by atoms with van der Waals surface area (Å²) in [5.74, 6) is -0.443. The van der Waals surface area contributed by atoms with Crippen LogP contribution in [0.4, 0.5) is 10.1 Å². The van der Waals surface area contributed by atoms with Gasteiger partial charge >= 0.3 is 0 Å². The molecule has 96 valence electrons. The number of halogens is 3. The van der Waals surface area contributed by atoms with Crippen LogP contribution in [0.2, 0.25) is 10.0 Å². The van der Waals surface area contributed by atoms with Gasteiger partial charge in [0.05, 0.1) is 27.4 Å². The van der Waals surface area contributed by atoms with Gasteiger partial charge in [-0.05, 0) is 35.9 Å². The molecule has 0 fully saturated rings. The predicted molar refractivity (Wildman–Crippen MR) is 74.9 cm³/mol. The van der Waals surface area contributed by atoms with E-state index in [4.69, 9.17) is 28.5 Å². The molecule has 0 aliphatic carbocycles. The van der Waals surface area contributed by atoms with Crippen molar-refractivity contribution in [2.45, 2.75) is 6.54 Å². The minimum Gasteiger partial charge on any atom is -0.379 e. The highest BCUT2D eigenvalue weighted by Gasteiger charge is 2.06. The second-order valence-electron chi connectivity index (χ2n) is 3.91. The van der Waals surface area contributed by atoms with Crippen molar-refractivity contribution in [1.29, 1.82) is 5.26 Å². The number of benzene rings is 2. The minimum absolute atomic E-state index is 0.280. The van der Waals surface area contributed by atoms with Crippen LogP contribution in [-0.2, 0) is 6.54 Å². The summed E-state index contributed by atoms with van der Waals surface area (Å²) in [6.45, 7) is 0.329. The van der Waals surface area contributed by atoms with E-state index >= 15 is 0 Å². The molecule has 2 aromatic carbocycles. The SMILES string of the molecule is N#Cc1cc(F)cc(CNc2c(Cl)cccc2Cl)c1. The molecule has 2 nitrogen and oxygen atoms in total. The summed E-state index contributed by atoms with van der Waals surface area (Å²) >= 11 is 12.0. The van der Waals surface area contributed by atoms with Crippen LogP contribution < -0.4 is 5.32 Å². The van der Waals surface area contributed by atoms with E-state index in [1.54, 1.807) is 24.3 Å². The average Bonchev–Trinajstić information content (AvgIpc) is 2.37. The fourth-order valence-corrected chi connectivity index (χ4v) is 2.21. The molecule has 0 unspecified atom stereocenters. The van der Waals surface area contributed by atoms with Crippen molar-refractivity contribution in [1.82, 2.24) is 0 Å². The zero-order chi connectivity index (χ0) is 13.8. The first kappa shape index (κ1) is 13.7. The molecule has 0 atom stereocenters. The molecule has 0 aromatic heterocycles. The molecule has 0 saturated carbocycles. The van der Waals surface area contributed by atoms with E-state index in [0.29, 0.717) is 27.8 Å². The Kier molecular flexibility index (Phi) is 4.26. The molecule has 0 bridgehead atoms. The normalized spacial score (nSPS) is 10.0. The van der Waals surface area contributed by atoms with Gasteiger partial charge in [-0.3, -0.25) is 0 Å². The maximum atomic E-state index is 13.3. The number of nitrogens with zero attached hydrogens (tertiary/aromatic N) is 1. The van der Waals surface area contributed by atoms with E-state index in [0.717, 1.165) is 0 Å². The first-order chi connectivity index (χ1) is 9.10. The van der Waals surface area contributed by atoms with Crippen molar-refractivity contribution < 1.29 is 4.39 Å². The average molecular weight is 295 g/mol. The third-order valence-electron chi connectivity index (χ3n) is 2.52. The molecule has 0 heterocycles. The quantitative estimate of drug-likeness (QED) is 0.897. The van der Waals surface area contributed by atoms with Crippen molar-refractivity contribution in [3.8, 4) is 6.07 Å². The van der Waals surface area contributed by atoms with Gasteiger partial charge in [0, 0.05) is 6.54 Å². The van der Waals surface area contributed by atoms with Gasteiger partial charge in [0.25, 0.3) is 0 Å². The van der Waals surface area contributed by atoms with E-state index in [1.807, 2.05) is 6.07 Å². The topological polar surface area (TPSA) is 35.8 Å². The number of rotatable bonds is 3. The molecule has 1 N–H and O–H groups in total. The van der Waals surface area contributed by atoms with Crippen LogP contribution in [0.5, 0.6) is 0 Å². The highest BCUT2D eigenvalue weighted by molar-refractivity contribution is 6.39. The summed E-state index contributed by atoms with van der Waals surface area (Å²) in [5.41, 5.74) is 1.52. The van der Waals surface area contributed by atoms with Gasteiger partial charge in [0.2, 0.25) is 0 Å². The van der Waals surface area contributed by atoms with E-state index in [2.05, 4.69) is 5.32 Å². The van der Waals surface area contributed by atoms with E-state index in [1.165, 1.54) is 12.1 Å². The maximum Gasteiger partial charge on any atom is 0.124 e. The lowest BCUT2D eigenvalue weighted by atomic mass is 10.1. The zero-order valence-electron chi connectivity index (χ0n) is 9.75. The monoisotopic (exact) mass is 294 g/mol. The number of anilines is 1. The summed E-state index contributed by atoms with van der Waals surface area (Å²) in [4.78, 5) is 0. The van der Waals surface area contributed by atoms with Crippen LogP contribution in [-0.4, -0.2) is 0 Å². The molecular weight excluding hydrogens is 286 g/mol. The lowest BCUT2D eigenvalue weighted by Gasteiger charge is -2.10. The summed E-state index contributed by atoms with van der Waals surface area (Å²) in [7, 11) is 0. The molecule has 2 aromatic rings. The largest absolute Gasteiger partial charge is 0.379 e. The van der Waals surface area contributed by atoms with E-state index < -0.39 is 5.82 Å². The Labute approximate surface area is 120 Å². The molecular formula is C14H9Cl2FN2. The molecule has 0 saturated heterocycles. The Morgan fingerprint density at radius 3 is 2.47 bits per heavy atom. The molecule has 0 spiro atoms. The Balaban J connectivity index is 2.19. The highest BCUT2D eigenvalue weighted by Crippen LogP contribution is 2.30. The van der Waals surface area contributed by atoms with Crippen molar-refractivity contribution in [2.24, 2.45) is 0 Å². The van der Waals surface area contributed by atoms with Crippen molar-refractivity contribution >= 4 is 28.9 Å². The maximum absolute atomic E-state index is 13.3. The lowest BCUT2D eigenvalue weighted by molar-refractivity contribution is 0.625. The van der Waals surface area contributed by atoms with Gasteiger partial charge < -0.3 is 5.32 Å². The number of nitriles is 1. The predicted octanol–water partition coefficient (Wildman–Crippen LogP) is 4.62. The van der Waals surface area contributed by atoms with Gasteiger partial charge in [0.15, 0.2) is 0 Å². The van der Waals surface area contributed by atoms with E-state index in [9.17, 15) is 4.39 Å². The number of hydrogen-bond acceptors (Lipinski definition) is 2. The molecule has 0 radical (unpaired) electrons. The van der Waals surface area contributed by atoms with Gasteiger partial charge in [-0.2, -0.15) is 5.26 Å². The molecule has 0 aliphatic heterocycles. The summed E-state index contributed by atoms with van der Waals surface area (Å²) < 4.78 is 13.3. The molecule has 19 heavy (non-hydrogen) atoms. The number of hydrogen-bond donors (Lipinski definition) is 1. The third kappa shape index (κ3) is 3.37. The Bertz CT molecular complexity index is 630. The zero-order valence-corrected chi connectivity index (χ0v) is 11.3. The van der Waals surface area contributed by atoms with Gasteiger partial charge in [-0.15, -0.1) is 0 Å². The molecule has 0 aliphatic rings. The minimum atomic E-state index is -0.443. The van der Waals surface area contributed by atoms with Gasteiger partial charge in [0.1, 0.15) is 5.82 Å². The van der Waals surface area contributed by atoms with E-state index in [-0.39, 0.29) is 5.56 Å². The van der Waals surface area contributed by atoms with Crippen LogP contribution in [0.3, 0.4) is 0 Å². The summed E-state index contributed by atoms with van der Waals surface area (Å²) in [6, 6.07) is 11.2. The summed E-state index contributed by atoms with van der Waals surface area (Å²) in [5, 5.41) is 12.8. The standard InChI is InChI=1S/C14H9Cl2FN2/c15-12-2-1-3-13(16)14(12)19-8-10-4-9(7-18)5-11(17)6-10/h1-6,19H,8H2. The van der Waals surface area contributed by atoms with Crippen LogP contribution in [0.15, 0.2) is 36.4 Å². The van der Waals surface area contributed by atoms with Crippen LogP contribution in [0.25, 0.3) is 0 Å².